The molecule has 2 heterocycles. The normalized spacial score (nSPS) is 10.4. The third kappa shape index (κ3) is 6.82. The van der Waals surface area contributed by atoms with Gasteiger partial charge in [0.1, 0.15) is 23.5 Å². The van der Waals surface area contributed by atoms with Crippen LogP contribution in [-0.4, -0.2) is 35.8 Å². The van der Waals surface area contributed by atoms with Gasteiger partial charge in [0.2, 0.25) is 22.2 Å². The summed E-state index contributed by atoms with van der Waals surface area (Å²) in [6.45, 7) is 1.35. The molecule has 12 heteroatoms. The molecule has 3 aromatic rings. The molecular weight excluding hydrogens is 458 g/mol. The van der Waals surface area contributed by atoms with Gasteiger partial charge in [0, 0.05) is 18.6 Å². The second kappa shape index (κ2) is 11.3. The van der Waals surface area contributed by atoms with Crippen molar-refractivity contribution in [2.45, 2.75) is 23.4 Å². The molecule has 10 nitrogen and oxygen atoms in total. The minimum atomic E-state index is -0.752. The summed E-state index contributed by atoms with van der Waals surface area (Å²) in [7, 11) is 1.52. The van der Waals surface area contributed by atoms with Crippen LogP contribution >= 0.6 is 23.1 Å². The van der Waals surface area contributed by atoms with Crippen LogP contribution in [0.5, 0.6) is 17.2 Å². The number of nitrogens with one attached hydrogen (secondary N) is 1. The zero-order chi connectivity index (χ0) is 22.9. The van der Waals surface area contributed by atoms with Gasteiger partial charge in [-0.1, -0.05) is 36.1 Å². The van der Waals surface area contributed by atoms with Crippen LogP contribution in [0.25, 0.3) is 0 Å². The number of ether oxygens (including phenoxy) is 3. The van der Waals surface area contributed by atoms with Crippen molar-refractivity contribution in [1.82, 2.24) is 10.2 Å². The molecule has 0 fully saturated rings. The Labute approximate surface area is 190 Å². The molecule has 0 bridgehead atoms. The first-order valence-electron chi connectivity index (χ1n) is 9.32. The number of carbonyl (C=O) groups is 2. The van der Waals surface area contributed by atoms with E-state index in [1.165, 1.54) is 36.3 Å². The topological polar surface area (TPSA) is 130 Å². The third-order valence-corrected chi connectivity index (χ3v) is 5.78. The van der Waals surface area contributed by atoms with Crippen molar-refractivity contribution < 1.29 is 28.2 Å². The smallest absolute Gasteiger partial charge is 0.349 e. The number of methoxy groups -OCH3 is 1. The lowest BCUT2D eigenvalue weighted by atomic mass is 10.3. The van der Waals surface area contributed by atoms with E-state index in [9.17, 15) is 14.4 Å². The van der Waals surface area contributed by atoms with E-state index in [2.05, 4.69) is 15.5 Å². The van der Waals surface area contributed by atoms with Crippen LogP contribution in [0.2, 0.25) is 0 Å². The molecule has 168 valence electrons. The van der Waals surface area contributed by atoms with Crippen LogP contribution < -0.4 is 25.0 Å². The average Bonchev–Trinajstić information content (AvgIpc) is 3.25. The van der Waals surface area contributed by atoms with Crippen molar-refractivity contribution in [2.24, 2.45) is 0 Å². The lowest BCUT2D eigenvalue weighted by Gasteiger charge is -2.07. The second-order valence-electron chi connectivity index (χ2n) is 6.08. The van der Waals surface area contributed by atoms with Crippen LogP contribution in [0.1, 0.15) is 19.1 Å². The van der Waals surface area contributed by atoms with E-state index in [1.807, 2.05) is 0 Å². The molecule has 0 atom stereocenters. The van der Waals surface area contributed by atoms with Crippen molar-refractivity contribution in [2.75, 3.05) is 19.0 Å². The maximum Gasteiger partial charge on any atom is 0.349 e. The van der Waals surface area contributed by atoms with Gasteiger partial charge >= 0.3 is 5.97 Å². The molecule has 2 aromatic heterocycles. The van der Waals surface area contributed by atoms with Gasteiger partial charge in [0.25, 0.3) is 0 Å². The predicted octanol–water partition coefficient (Wildman–Crippen LogP) is 3.13. The van der Waals surface area contributed by atoms with Gasteiger partial charge in [-0.15, -0.1) is 10.2 Å². The molecule has 1 aromatic carbocycles. The molecule has 32 heavy (non-hydrogen) atoms. The summed E-state index contributed by atoms with van der Waals surface area (Å²) >= 11 is 2.50. The molecular formula is C20H19N3O7S2. The van der Waals surface area contributed by atoms with Crippen LogP contribution in [0.4, 0.5) is 5.13 Å². The van der Waals surface area contributed by atoms with E-state index in [-0.39, 0.29) is 11.7 Å². The highest BCUT2D eigenvalue weighted by atomic mass is 32.2. The molecule has 0 radical (unpaired) electrons. The van der Waals surface area contributed by atoms with E-state index in [0.29, 0.717) is 38.9 Å². The first-order chi connectivity index (χ1) is 15.5. The second-order valence-corrected chi connectivity index (χ2v) is 8.28. The van der Waals surface area contributed by atoms with Crippen molar-refractivity contribution >= 4 is 40.1 Å². The maximum absolute atomic E-state index is 12.2. The molecule has 0 unspecified atom stereocenters. The number of rotatable bonds is 10. The summed E-state index contributed by atoms with van der Waals surface area (Å²) < 4.78 is 21.4. The summed E-state index contributed by atoms with van der Waals surface area (Å²) in [6, 6.07) is 7.97. The molecule has 0 aliphatic carbocycles. The molecule has 0 saturated carbocycles. The van der Waals surface area contributed by atoms with Crippen molar-refractivity contribution in [3.63, 3.8) is 0 Å². The Bertz CT molecular complexity index is 1150. The first kappa shape index (κ1) is 23.3. The molecule has 1 amide bonds. The Hall–Kier alpha value is -3.38. The lowest BCUT2D eigenvalue weighted by Crippen LogP contribution is -2.20. The monoisotopic (exact) mass is 477 g/mol. The van der Waals surface area contributed by atoms with Crippen LogP contribution in [0.3, 0.4) is 0 Å². The summed E-state index contributed by atoms with van der Waals surface area (Å²) in [5.41, 5.74) is -0.505. The highest BCUT2D eigenvalue weighted by Crippen LogP contribution is 2.28. The Morgan fingerprint density at radius 3 is 2.78 bits per heavy atom. The Balaban J connectivity index is 1.50. The first-order valence-corrected chi connectivity index (χ1v) is 11.1. The maximum atomic E-state index is 12.2. The number of hydrogen-bond acceptors (Lipinski definition) is 11. The largest absolute Gasteiger partial charge is 0.497 e. The molecule has 0 aliphatic rings. The van der Waals surface area contributed by atoms with Gasteiger partial charge in [0.15, 0.2) is 10.9 Å². The number of hydrogen-bond donors (Lipinski definition) is 1. The number of amides is 1. The lowest BCUT2D eigenvalue weighted by molar-refractivity contribution is -0.136. The fraction of sp³-hybridized carbons (Fsp3) is 0.250. The number of carbonyl (C=O) groups excluding carboxylic acids is 2. The van der Waals surface area contributed by atoms with E-state index < -0.39 is 18.0 Å². The number of aromatic nitrogens is 2. The predicted molar refractivity (Wildman–Crippen MR) is 117 cm³/mol. The highest BCUT2D eigenvalue weighted by Gasteiger charge is 2.13. The fourth-order valence-corrected chi connectivity index (χ4v) is 3.89. The van der Waals surface area contributed by atoms with Gasteiger partial charge in [-0.2, -0.15) is 0 Å². The van der Waals surface area contributed by atoms with Crippen molar-refractivity contribution in [3.8, 4) is 17.2 Å². The molecule has 1 N–H and O–H groups in total. The number of thioether (sulfide) groups is 1. The summed E-state index contributed by atoms with van der Waals surface area (Å²) in [4.78, 5) is 35.6. The number of nitrogens with zero attached hydrogens (tertiary/aromatic N) is 2. The molecule has 0 spiro atoms. The standard InChI is InChI=1S/C20H19N3O7S2/c1-3-17(25)21-19-22-23-20(32-19)31-11-14-8-15(24)16(9-28-14)30-18(26)10-29-13-6-4-5-12(7-13)27-2/h4-9H,3,10-11H2,1-2H3,(H,21,22,25). The van der Waals surface area contributed by atoms with Gasteiger partial charge in [-0.3, -0.25) is 9.59 Å². The van der Waals surface area contributed by atoms with Gasteiger partial charge in [-0.05, 0) is 12.1 Å². The molecule has 0 saturated heterocycles. The van der Waals surface area contributed by atoms with Crippen molar-refractivity contribution in [1.29, 1.82) is 0 Å². The Morgan fingerprint density at radius 2 is 2.03 bits per heavy atom. The van der Waals surface area contributed by atoms with E-state index >= 15 is 0 Å². The summed E-state index contributed by atoms with van der Waals surface area (Å²) in [5.74, 6) is 0.537. The van der Waals surface area contributed by atoms with E-state index in [4.69, 9.17) is 18.6 Å². The summed E-state index contributed by atoms with van der Waals surface area (Å²) in [6.07, 6.45) is 1.42. The van der Waals surface area contributed by atoms with Gasteiger partial charge in [-0.25, -0.2) is 4.79 Å². The Morgan fingerprint density at radius 1 is 1.22 bits per heavy atom. The third-order valence-electron chi connectivity index (χ3n) is 3.79. The molecule has 3 rings (SSSR count). The molecule has 0 aliphatic heterocycles. The van der Waals surface area contributed by atoms with Gasteiger partial charge in [0.05, 0.1) is 12.9 Å². The fourth-order valence-electron chi connectivity index (χ4n) is 2.23. The number of benzene rings is 1. The quantitative estimate of drug-likeness (QED) is 0.264. The number of anilines is 1. The minimum Gasteiger partial charge on any atom is -0.497 e. The van der Waals surface area contributed by atoms with Crippen LogP contribution in [0.15, 0.2) is 50.1 Å². The summed E-state index contributed by atoms with van der Waals surface area (Å²) in [5, 5.41) is 10.9. The highest BCUT2D eigenvalue weighted by molar-refractivity contribution is 8.00. The van der Waals surface area contributed by atoms with E-state index in [1.54, 1.807) is 31.2 Å². The SMILES string of the molecule is CCC(=O)Nc1nnc(SCc2cc(=O)c(OC(=O)COc3cccc(OC)c3)co2)s1. The number of esters is 1. The van der Waals surface area contributed by atoms with Crippen LogP contribution in [-0.2, 0) is 15.3 Å². The van der Waals surface area contributed by atoms with Crippen molar-refractivity contribution in [3.05, 3.63) is 52.6 Å². The Kier molecular flexibility index (Phi) is 8.22. The average molecular weight is 478 g/mol. The van der Waals surface area contributed by atoms with Crippen LogP contribution in [0, 0.1) is 0 Å². The van der Waals surface area contributed by atoms with E-state index in [0.717, 1.165) is 6.26 Å². The van der Waals surface area contributed by atoms with Gasteiger partial charge < -0.3 is 23.9 Å². The zero-order valence-corrected chi connectivity index (χ0v) is 18.8. The minimum absolute atomic E-state index is 0.150. The zero-order valence-electron chi connectivity index (χ0n) is 17.2.